The molecule has 1 aliphatic rings. The van der Waals surface area contributed by atoms with Crippen LogP contribution in [0.3, 0.4) is 0 Å². The number of aromatic nitrogens is 1. The van der Waals surface area contributed by atoms with Crippen molar-refractivity contribution in [2.24, 2.45) is 5.92 Å². The highest BCUT2D eigenvalue weighted by molar-refractivity contribution is 5.68. The summed E-state index contributed by atoms with van der Waals surface area (Å²) in [5.74, 6) is 0.511. The van der Waals surface area contributed by atoms with Gasteiger partial charge in [0.15, 0.2) is 5.75 Å². The van der Waals surface area contributed by atoms with Crippen molar-refractivity contribution in [2.75, 3.05) is 26.8 Å². The normalized spacial score (nSPS) is 17.3. The molecule has 1 saturated heterocycles. The number of amides is 1. The SMILES string of the molecule is COc1ncc([N+](=O)[O-])cc1OC[C@@H]1CCN(C(=O)OC(C)(C)C)C1. The summed E-state index contributed by atoms with van der Waals surface area (Å²) in [5.41, 5.74) is -0.703. The zero-order valence-electron chi connectivity index (χ0n) is 14.9. The number of likely N-dealkylation sites (tertiary alicyclic amines) is 1. The van der Waals surface area contributed by atoms with Crippen molar-refractivity contribution in [1.82, 2.24) is 9.88 Å². The van der Waals surface area contributed by atoms with E-state index in [-0.39, 0.29) is 29.3 Å². The van der Waals surface area contributed by atoms with Gasteiger partial charge in [0.1, 0.15) is 11.8 Å². The van der Waals surface area contributed by atoms with Crippen LogP contribution in [0.1, 0.15) is 27.2 Å². The number of carbonyl (C=O) groups excluding carboxylic acids is 1. The van der Waals surface area contributed by atoms with E-state index in [9.17, 15) is 14.9 Å². The van der Waals surface area contributed by atoms with Crippen LogP contribution in [0.5, 0.6) is 11.6 Å². The summed E-state index contributed by atoms with van der Waals surface area (Å²) in [7, 11) is 1.42. The van der Waals surface area contributed by atoms with Crippen molar-refractivity contribution in [1.29, 1.82) is 0 Å². The first-order valence-corrected chi connectivity index (χ1v) is 7.98. The molecule has 9 heteroatoms. The average molecular weight is 353 g/mol. The zero-order valence-corrected chi connectivity index (χ0v) is 14.9. The molecule has 2 heterocycles. The van der Waals surface area contributed by atoms with Crippen molar-refractivity contribution >= 4 is 11.8 Å². The largest absolute Gasteiger partial charge is 0.487 e. The van der Waals surface area contributed by atoms with E-state index >= 15 is 0 Å². The predicted octanol–water partition coefficient (Wildman–Crippen LogP) is 2.63. The third kappa shape index (κ3) is 5.20. The number of ether oxygens (including phenoxy) is 3. The third-order valence-electron chi connectivity index (χ3n) is 3.62. The van der Waals surface area contributed by atoms with Gasteiger partial charge in [0, 0.05) is 19.0 Å². The lowest BCUT2D eigenvalue weighted by Gasteiger charge is -2.24. The van der Waals surface area contributed by atoms with Gasteiger partial charge in [-0.25, -0.2) is 9.78 Å². The van der Waals surface area contributed by atoms with Crippen LogP contribution in [-0.2, 0) is 4.74 Å². The number of nitro groups is 1. The summed E-state index contributed by atoms with van der Waals surface area (Å²) in [6.07, 6.45) is 1.54. The van der Waals surface area contributed by atoms with E-state index < -0.39 is 10.5 Å². The number of hydrogen-bond donors (Lipinski definition) is 0. The van der Waals surface area contributed by atoms with Gasteiger partial charge in [-0.05, 0) is 27.2 Å². The van der Waals surface area contributed by atoms with Gasteiger partial charge < -0.3 is 19.1 Å². The summed E-state index contributed by atoms with van der Waals surface area (Å²) in [6.45, 7) is 6.88. The molecular formula is C16H23N3O6. The fourth-order valence-corrected chi connectivity index (χ4v) is 2.45. The Morgan fingerprint density at radius 2 is 2.20 bits per heavy atom. The molecule has 1 amide bonds. The molecule has 0 aliphatic carbocycles. The first-order chi connectivity index (χ1) is 11.7. The summed E-state index contributed by atoms with van der Waals surface area (Å²) >= 11 is 0. The molecule has 1 fully saturated rings. The van der Waals surface area contributed by atoms with Crippen LogP contribution in [-0.4, -0.2) is 53.3 Å². The van der Waals surface area contributed by atoms with Gasteiger partial charge in [0.2, 0.25) is 0 Å². The van der Waals surface area contributed by atoms with E-state index in [2.05, 4.69) is 4.98 Å². The topological polar surface area (TPSA) is 104 Å². The highest BCUT2D eigenvalue weighted by Crippen LogP contribution is 2.29. The van der Waals surface area contributed by atoms with Gasteiger partial charge in [0.25, 0.3) is 11.6 Å². The Labute approximate surface area is 146 Å². The third-order valence-corrected chi connectivity index (χ3v) is 3.62. The van der Waals surface area contributed by atoms with E-state index in [0.717, 1.165) is 12.6 Å². The lowest BCUT2D eigenvalue weighted by molar-refractivity contribution is -0.385. The van der Waals surface area contributed by atoms with E-state index in [4.69, 9.17) is 14.2 Å². The number of pyridine rings is 1. The summed E-state index contributed by atoms with van der Waals surface area (Å²) in [5, 5.41) is 10.9. The van der Waals surface area contributed by atoms with Crippen molar-refractivity contribution < 1.29 is 23.9 Å². The molecule has 0 bridgehead atoms. The molecule has 0 saturated carbocycles. The van der Waals surface area contributed by atoms with Gasteiger partial charge in [-0.1, -0.05) is 0 Å². The van der Waals surface area contributed by atoms with Crippen molar-refractivity contribution in [2.45, 2.75) is 32.8 Å². The molecule has 0 radical (unpaired) electrons. The van der Waals surface area contributed by atoms with E-state index in [1.54, 1.807) is 4.90 Å². The zero-order chi connectivity index (χ0) is 18.6. The van der Waals surface area contributed by atoms with E-state index in [0.29, 0.717) is 19.7 Å². The van der Waals surface area contributed by atoms with Gasteiger partial charge in [0.05, 0.1) is 24.7 Å². The highest BCUT2D eigenvalue weighted by atomic mass is 16.6. The van der Waals surface area contributed by atoms with Crippen LogP contribution in [0.4, 0.5) is 10.5 Å². The van der Waals surface area contributed by atoms with Crippen molar-refractivity contribution in [3.05, 3.63) is 22.4 Å². The van der Waals surface area contributed by atoms with Crippen LogP contribution in [0.2, 0.25) is 0 Å². The maximum absolute atomic E-state index is 12.1. The lowest BCUT2D eigenvalue weighted by atomic mass is 10.1. The monoisotopic (exact) mass is 353 g/mol. The average Bonchev–Trinajstić information content (AvgIpc) is 3.00. The molecule has 2 rings (SSSR count). The summed E-state index contributed by atoms with van der Waals surface area (Å²) in [4.78, 5) is 27.9. The molecule has 0 spiro atoms. The number of hydrogen-bond acceptors (Lipinski definition) is 7. The van der Waals surface area contributed by atoms with Crippen LogP contribution in [0, 0.1) is 16.0 Å². The van der Waals surface area contributed by atoms with Crippen molar-refractivity contribution in [3.63, 3.8) is 0 Å². The molecule has 1 aromatic heterocycles. The molecule has 1 aromatic rings. The Kier molecular flexibility index (Phi) is 5.66. The molecule has 0 N–H and O–H groups in total. The maximum atomic E-state index is 12.1. The van der Waals surface area contributed by atoms with E-state index in [1.165, 1.54) is 13.2 Å². The highest BCUT2D eigenvalue weighted by Gasteiger charge is 2.30. The molecular weight excluding hydrogens is 330 g/mol. The Balaban J connectivity index is 1.93. The predicted molar refractivity (Wildman–Crippen MR) is 88.9 cm³/mol. The quantitative estimate of drug-likeness (QED) is 0.592. The minimum atomic E-state index is -0.543. The second-order valence-corrected chi connectivity index (χ2v) is 6.85. The molecule has 9 nitrogen and oxygen atoms in total. The fraction of sp³-hybridized carbons (Fsp3) is 0.625. The van der Waals surface area contributed by atoms with Crippen molar-refractivity contribution in [3.8, 4) is 11.6 Å². The molecule has 1 atom stereocenters. The van der Waals surface area contributed by atoms with Crippen LogP contribution < -0.4 is 9.47 Å². The molecule has 0 unspecified atom stereocenters. The van der Waals surface area contributed by atoms with Crippen LogP contribution in [0.25, 0.3) is 0 Å². The minimum absolute atomic E-state index is 0.108. The Hall–Kier alpha value is -2.58. The second kappa shape index (κ2) is 7.54. The van der Waals surface area contributed by atoms with Gasteiger partial charge in [-0.15, -0.1) is 0 Å². The first kappa shape index (κ1) is 18.8. The van der Waals surface area contributed by atoms with Crippen LogP contribution in [0.15, 0.2) is 12.3 Å². The second-order valence-electron chi connectivity index (χ2n) is 6.85. The minimum Gasteiger partial charge on any atom is -0.487 e. The number of methoxy groups -OCH3 is 1. The Bertz CT molecular complexity index is 643. The summed E-state index contributed by atoms with van der Waals surface area (Å²) < 4.78 is 16.1. The van der Waals surface area contributed by atoms with E-state index in [1.807, 2.05) is 20.8 Å². The van der Waals surface area contributed by atoms with Gasteiger partial charge >= 0.3 is 6.09 Å². The maximum Gasteiger partial charge on any atom is 0.410 e. The number of rotatable bonds is 5. The first-order valence-electron chi connectivity index (χ1n) is 7.98. The molecule has 138 valence electrons. The molecule has 25 heavy (non-hydrogen) atoms. The Morgan fingerprint density at radius 3 is 2.80 bits per heavy atom. The standard InChI is InChI=1S/C16H23N3O6/c1-16(2,3)25-15(20)18-6-5-11(9-18)10-24-13-7-12(19(21)22)8-17-14(13)23-4/h7-8,11H,5-6,9-10H2,1-4H3/t11-/m1/s1. The Morgan fingerprint density at radius 1 is 1.48 bits per heavy atom. The lowest BCUT2D eigenvalue weighted by Crippen LogP contribution is -2.35. The number of nitrogens with zero attached hydrogens (tertiary/aromatic N) is 3. The smallest absolute Gasteiger partial charge is 0.410 e. The summed E-state index contributed by atoms with van der Waals surface area (Å²) in [6, 6.07) is 1.28. The van der Waals surface area contributed by atoms with Crippen LogP contribution >= 0.6 is 0 Å². The molecule has 0 aromatic carbocycles. The number of carbonyl (C=O) groups is 1. The fourth-order valence-electron chi connectivity index (χ4n) is 2.45. The molecule has 1 aliphatic heterocycles. The van der Waals surface area contributed by atoms with Gasteiger partial charge in [-0.3, -0.25) is 10.1 Å². The van der Waals surface area contributed by atoms with Gasteiger partial charge in [-0.2, -0.15) is 0 Å².